The van der Waals surface area contributed by atoms with E-state index in [1.165, 1.54) is 4.90 Å². The number of rotatable bonds is 12. The molecule has 12 nitrogen and oxygen atoms in total. The van der Waals surface area contributed by atoms with Crippen molar-refractivity contribution in [2.75, 3.05) is 13.1 Å². The Bertz CT molecular complexity index is 1170. The summed E-state index contributed by atoms with van der Waals surface area (Å²) >= 11 is 0. The Morgan fingerprint density at radius 2 is 1.51 bits per heavy atom. The number of alkyl carbamates (subject to hydrolysis) is 1. The van der Waals surface area contributed by atoms with Crippen molar-refractivity contribution in [3.8, 4) is 0 Å². The van der Waals surface area contributed by atoms with Gasteiger partial charge in [0, 0.05) is 13.1 Å². The number of nitrogens with zero attached hydrogens (tertiary/aromatic N) is 1. The van der Waals surface area contributed by atoms with E-state index in [1.807, 2.05) is 34.6 Å². The number of esters is 1. The summed E-state index contributed by atoms with van der Waals surface area (Å²) < 4.78 is 10.6. The van der Waals surface area contributed by atoms with Crippen molar-refractivity contribution in [2.24, 2.45) is 22.7 Å². The van der Waals surface area contributed by atoms with Gasteiger partial charge in [-0.25, -0.2) is 4.79 Å². The summed E-state index contributed by atoms with van der Waals surface area (Å²) in [6, 6.07) is -3.07. The zero-order valence-corrected chi connectivity index (χ0v) is 28.9. The summed E-state index contributed by atoms with van der Waals surface area (Å²) in [5.41, 5.74) is -2.38. The van der Waals surface area contributed by atoms with Crippen molar-refractivity contribution in [1.29, 1.82) is 0 Å². The smallest absolute Gasteiger partial charge is 0.408 e. The van der Waals surface area contributed by atoms with Crippen molar-refractivity contribution in [3.63, 3.8) is 0 Å². The maximum absolute atomic E-state index is 14.0. The van der Waals surface area contributed by atoms with Crippen LogP contribution in [-0.2, 0) is 33.4 Å². The molecule has 45 heavy (non-hydrogen) atoms. The number of fused-ring (bicyclic) bond motifs is 1. The first kappa shape index (κ1) is 37.7. The Morgan fingerprint density at radius 1 is 0.933 bits per heavy atom. The first-order valence-corrected chi connectivity index (χ1v) is 15.7. The zero-order valence-electron chi connectivity index (χ0n) is 28.9. The Labute approximate surface area is 267 Å². The second-order valence-electron chi connectivity index (χ2n) is 15.7. The van der Waals surface area contributed by atoms with Crippen molar-refractivity contribution >= 4 is 35.6 Å². The van der Waals surface area contributed by atoms with Crippen molar-refractivity contribution in [1.82, 2.24) is 20.9 Å². The molecule has 1 aliphatic heterocycles. The lowest BCUT2D eigenvalue weighted by Crippen LogP contribution is -2.60. The molecule has 5 atom stereocenters. The summed E-state index contributed by atoms with van der Waals surface area (Å²) in [7, 11) is 0. The molecule has 0 aromatic heterocycles. The van der Waals surface area contributed by atoms with Gasteiger partial charge in [0.2, 0.25) is 17.6 Å². The van der Waals surface area contributed by atoms with Gasteiger partial charge in [-0.3, -0.25) is 24.0 Å². The maximum atomic E-state index is 14.0. The van der Waals surface area contributed by atoms with Crippen LogP contribution in [0.25, 0.3) is 0 Å². The molecule has 1 saturated heterocycles. The van der Waals surface area contributed by atoms with E-state index < -0.39 is 70.3 Å². The van der Waals surface area contributed by atoms with Gasteiger partial charge in [-0.05, 0) is 77.0 Å². The largest absolute Gasteiger partial charge is 0.460 e. The number of ketones is 1. The number of likely N-dealkylation sites (tertiary alicyclic amines) is 1. The fourth-order valence-electron chi connectivity index (χ4n) is 5.78. The van der Waals surface area contributed by atoms with Crippen LogP contribution >= 0.6 is 0 Å². The van der Waals surface area contributed by atoms with E-state index in [2.05, 4.69) is 22.5 Å². The Morgan fingerprint density at radius 3 is 2.02 bits per heavy atom. The molecule has 2 aliphatic rings. The number of carbonyl (C=O) groups excluding carboxylic acids is 6. The average molecular weight is 635 g/mol. The summed E-state index contributed by atoms with van der Waals surface area (Å²) in [5.74, 6) is -3.41. The minimum atomic E-state index is -1.17. The third-order valence-electron chi connectivity index (χ3n) is 8.09. The van der Waals surface area contributed by atoms with E-state index in [4.69, 9.17) is 9.47 Å². The van der Waals surface area contributed by atoms with E-state index in [0.29, 0.717) is 13.0 Å². The van der Waals surface area contributed by atoms with E-state index in [9.17, 15) is 28.8 Å². The minimum Gasteiger partial charge on any atom is -0.460 e. The SMILES string of the molecule is C=CCCC(NC(=O)C1C2C(CN1C(=O)[C@@H](NC(=O)OC(C)(C)C)C(C)(C)C)C2(C)C)C(=O)C(=O)NCCC(=O)OC(C)(C)C. The van der Waals surface area contributed by atoms with Gasteiger partial charge in [-0.1, -0.05) is 40.7 Å². The Hall–Kier alpha value is -3.44. The zero-order chi connectivity index (χ0) is 34.7. The maximum Gasteiger partial charge on any atom is 0.408 e. The van der Waals surface area contributed by atoms with Crippen LogP contribution in [0.5, 0.6) is 0 Å². The number of carbonyl (C=O) groups is 6. The Balaban J connectivity index is 2.23. The number of piperidine rings is 1. The molecule has 1 heterocycles. The quantitative estimate of drug-likeness (QED) is 0.168. The highest BCUT2D eigenvalue weighted by Crippen LogP contribution is 2.65. The van der Waals surface area contributed by atoms with Crippen molar-refractivity contribution in [3.05, 3.63) is 12.7 Å². The topological polar surface area (TPSA) is 160 Å². The molecule has 0 spiro atoms. The molecule has 4 amide bonds. The molecule has 2 rings (SSSR count). The molecule has 2 fully saturated rings. The van der Waals surface area contributed by atoms with Gasteiger partial charge >= 0.3 is 12.1 Å². The van der Waals surface area contributed by atoms with Gasteiger partial charge in [0.15, 0.2) is 0 Å². The van der Waals surface area contributed by atoms with Gasteiger partial charge in [-0.2, -0.15) is 0 Å². The van der Waals surface area contributed by atoms with Crippen molar-refractivity contribution < 1.29 is 38.2 Å². The molecular formula is C33H54N4O8. The molecule has 1 aliphatic carbocycles. The van der Waals surface area contributed by atoms with Crippen LogP contribution in [0, 0.1) is 22.7 Å². The standard InChI is InChI=1S/C33H54N4O8/c1-13-14-15-20(24(39)27(41)34-17-16-21(38)44-31(5,6)7)35-26(40)23-22-19(33(22,11)12)18-37(23)28(42)25(30(2,3)4)36-29(43)45-32(8,9)10/h13,19-20,22-23,25H,1,14-18H2,2-12H3,(H,34,41)(H,35,40)(H,36,43)/t19?,20?,22?,23?,25-/m1/s1. The van der Waals surface area contributed by atoms with Gasteiger partial charge < -0.3 is 30.3 Å². The van der Waals surface area contributed by atoms with E-state index in [0.717, 1.165) is 0 Å². The second-order valence-corrected chi connectivity index (χ2v) is 15.7. The van der Waals surface area contributed by atoms with Crippen LogP contribution in [0.3, 0.4) is 0 Å². The highest BCUT2D eigenvalue weighted by atomic mass is 16.6. The minimum absolute atomic E-state index is 0.0535. The summed E-state index contributed by atoms with van der Waals surface area (Å²) in [4.78, 5) is 80.1. The average Bonchev–Trinajstić information content (AvgIpc) is 3.19. The molecule has 0 aromatic rings. The predicted octanol–water partition coefficient (Wildman–Crippen LogP) is 3.28. The molecule has 4 unspecified atom stereocenters. The number of hydrogen-bond donors (Lipinski definition) is 3. The molecular weight excluding hydrogens is 580 g/mol. The molecule has 0 bridgehead atoms. The third kappa shape index (κ3) is 10.3. The van der Waals surface area contributed by atoms with Gasteiger partial charge in [0.05, 0.1) is 12.5 Å². The van der Waals surface area contributed by atoms with Gasteiger partial charge in [-0.15, -0.1) is 6.58 Å². The molecule has 12 heteroatoms. The fraction of sp³-hybridized carbons (Fsp3) is 0.758. The fourth-order valence-corrected chi connectivity index (χ4v) is 5.78. The predicted molar refractivity (Wildman–Crippen MR) is 169 cm³/mol. The lowest BCUT2D eigenvalue weighted by Gasteiger charge is -2.38. The molecule has 254 valence electrons. The van der Waals surface area contributed by atoms with E-state index >= 15 is 0 Å². The third-order valence-corrected chi connectivity index (χ3v) is 8.09. The number of nitrogens with one attached hydrogen (secondary N) is 3. The lowest BCUT2D eigenvalue weighted by molar-refractivity contribution is -0.154. The lowest BCUT2D eigenvalue weighted by atomic mass is 9.85. The summed E-state index contributed by atoms with van der Waals surface area (Å²) in [6.45, 7) is 23.7. The van der Waals surface area contributed by atoms with E-state index in [-0.39, 0.29) is 36.6 Å². The molecule has 0 aromatic carbocycles. The van der Waals surface area contributed by atoms with Crippen LogP contribution < -0.4 is 16.0 Å². The summed E-state index contributed by atoms with van der Waals surface area (Å²) in [6.07, 6.45) is 1.18. The van der Waals surface area contributed by atoms with Gasteiger partial charge in [0.25, 0.3) is 5.91 Å². The Kier molecular flexibility index (Phi) is 11.7. The number of hydrogen-bond acceptors (Lipinski definition) is 8. The van der Waals surface area contributed by atoms with Crippen LogP contribution in [0.4, 0.5) is 4.79 Å². The van der Waals surface area contributed by atoms with Crippen molar-refractivity contribution in [2.45, 2.75) is 125 Å². The van der Waals surface area contributed by atoms with E-state index in [1.54, 1.807) is 47.6 Å². The van der Waals surface area contributed by atoms with Crippen LogP contribution in [0.1, 0.15) is 95.4 Å². The molecule has 1 saturated carbocycles. The summed E-state index contributed by atoms with van der Waals surface area (Å²) in [5, 5.41) is 7.88. The molecule has 3 N–H and O–H groups in total. The highest BCUT2D eigenvalue weighted by Gasteiger charge is 2.70. The first-order chi connectivity index (χ1) is 20.4. The number of ether oxygens (including phenoxy) is 2. The van der Waals surface area contributed by atoms with Crippen LogP contribution in [0.2, 0.25) is 0 Å². The monoisotopic (exact) mass is 634 g/mol. The normalized spacial score (nSPS) is 21.8. The number of allylic oxidation sites excluding steroid dienone is 1. The first-order valence-electron chi connectivity index (χ1n) is 15.7. The van der Waals surface area contributed by atoms with Crippen LogP contribution in [-0.4, -0.2) is 82.9 Å². The second kappa shape index (κ2) is 13.9. The van der Waals surface area contributed by atoms with Gasteiger partial charge in [0.1, 0.15) is 23.3 Å². The molecule has 0 radical (unpaired) electrons. The number of Topliss-reactive ketones (excluding diaryl/α,β-unsaturated/α-hetero) is 1. The number of amides is 4. The highest BCUT2D eigenvalue weighted by molar-refractivity contribution is 6.38. The van der Waals surface area contributed by atoms with Crippen LogP contribution in [0.15, 0.2) is 12.7 Å².